The number of nitrogens with zero attached hydrogens (tertiary/aromatic N) is 5. The Bertz CT molecular complexity index is 1610. The van der Waals surface area contributed by atoms with Crippen LogP contribution < -0.4 is 10.5 Å². The number of aromatic nitrogens is 4. The van der Waals surface area contributed by atoms with Gasteiger partial charge in [0.15, 0.2) is 5.65 Å². The first-order valence-corrected chi connectivity index (χ1v) is 14.7. The first kappa shape index (κ1) is 30.1. The lowest BCUT2D eigenvalue weighted by Gasteiger charge is -2.33. The molecule has 2 unspecified atom stereocenters. The summed E-state index contributed by atoms with van der Waals surface area (Å²) in [5.74, 6) is 0.861. The van der Waals surface area contributed by atoms with Crippen molar-refractivity contribution in [3.05, 3.63) is 59.5 Å². The minimum Gasteiger partial charge on any atom is -0.496 e. The van der Waals surface area contributed by atoms with E-state index in [4.69, 9.17) is 20.4 Å². The zero-order valence-electron chi connectivity index (χ0n) is 24.7. The largest absolute Gasteiger partial charge is 0.496 e. The second kappa shape index (κ2) is 12.9. The first-order chi connectivity index (χ1) is 20.8. The Labute approximate surface area is 250 Å². The van der Waals surface area contributed by atoms with E-state index in [9.17, 15) is 19.8 Å². The molecule has 43 heavy (non-hydrogen) atoms. The third kappa shape index (κ3) is 5.95. The van der Waals surface area contributed by atoms with Crippen LogP contribution in [0.25, 0.3) is 28.0 Å². The molecule has 0 bridgehead atoms. The fraction of sp³-hybridized carbons (Fsp3) is 0.406. The maximum Gasteiger partial charge on any atom is 0.251 e. The van der Waals surface area contributed by atoms with Crippen molar-refractivity contribution < 1.29 is 24.5 Å². The van der Waals surface area contributed by atoms with Gasteiger partial charge in [-0.2, -0.15) is 9.61 Å². The molecule has 4 N–H and O–H groups in total. The fourth-order valence-corrected chi connectivity index (χ4v) is 5.77. The van der Waals surface area contributed by atoms with Crippen molar-refractivity contribution in [2.45, 2.75) is 64.1 Å². The van der Waals surface area contributed by atoms with Crippen LogP contribution in [-0.4, -0.2) is 73.2 Å². The van der Waals surface area contributed by atoms with E-state index >= 15 is 0 Å². The Morgan fingerprint density at radius 1 is 1.16 bits per heavy atom. The molecule has 11 nitrogen and oxygen atoms in total. The fourth-order valence-electron chi connectivity index (χ4n) is 5.77. The lowest BCUT2D eigenvalue weighted by molar-refractivity contribution is -0.141. The number of carbonyl (C=O) groups is 2. The number of anilines is 1. The number of amides is 1. The number of benzene rings is 1. The highest BCUT2D eigenvalue weighted by Crippen LogP contribution is 2.36. The van der Waals surface area contributed by atoms with Gasteiger partial charge in [0.2, 0.25) is 0 Å². The molecule has 2 atom stereocenters. The monoisotopic (exact) mass is 586 g/mol. The van der Waals surface area contributed by atoms with Crippen molar-refractivity contribution in [2.75, 3.05) is 25.9 Å². The summed E-state index contributed by atoms with van der Waals surface area (Å²) in [6, 6.07) is 9.46. The zero-order chi connectivity index (χ0) is 30.7. The van der Waals surface area contributed by atoms with E-state index in [1.165, 1.54) is 0 Å². The average molecular weight is 587 g/mol. The summed E-state index contributed by atoms with van der Waals surface area (Å²) >= 11 is 0. The number of likely N-dealkylation sites (tertiary alicyclic amines) is 1. The number of methoxy groups -OCH3 is 1. The van der Waals surface area contributed by atoms with Gasteiger partial charge in [-0.1, -0.05) is 13.0 Å². The number of aliphatic hydroxyl groups is 2. The van der Waals surface area contributed by atoms with Crippen LogP contribution in [0.15, 0.2) is 42.7 Å². The van der Waals surface area contributed by atoms with E-state index in [1.807, 2.05) is 30.3 Å². The predicted molar refractivity (Wildman–Crippen MR) is 162 cm³/mol. The summed E-state index contributed by atoms with van der Waals surface area (Å²) in [7, 11) is 1.57. The van der Waals surface area contributed by atoms with Crippen LogP contribution in [0.1, 0.15) is 68.4 Å². The summed E-state index contributed by atoms with van der Waals surface area (Å²) in [5.41, 5.74) is 12.7. The van der Waals surface area contributed by atoms with Gasteiger partial charge in [0.25, 0.3) is 5.91 Å². The third-order valence-corrected chi connectivity index (χ3v) is 8.24. The minimum absolute atomic E-state index is 0.0400. The number of piperidine rings is 1. The normalized spacial score (nSPS) is 15.4. The van der Waals surface area contributed by atoms with Gasteiger partial charge in [0.05, 0.1) is 30.8 Å². The van der Waals surface area contributed by atoms with Gasteiger partial charge in [0, 0.05) is 59.4 Å². The number of hydrogen-bond donors (Lipinski definition) is 3. The number of carbonyl (C=O) groups excluding carboxylic acids is 2. The first-order valence-electron chi connectivity index (χ1n) is 14.7. The molecule has 1 saturated heterocycles. The van der Waals surface area contributed by atoms with E-state index < -0.39 is 12.2 Å². The quantitative estimate of drug-likeness (QED) is 0.236. The molecular weight excluding hydrogens is 548 g/mol. The Kier molecular flexibility index (Phi) is 9.02. The minimum atomic E-state index is -0.982. The van der Waals surface area contributed by atoms with Crippen molar-refractivity contribution in [3.63, 3.8) is 0 Å². The number of hydrogen-bond acceptors (Lipinski definition) is 9. The smallest absolute Gasteiger partial charge is 0.251 e. The second-order valence-corrected chi connectivity index (χ2v) is 10.9. The molecule has 0 aliphatic carbocycles. The van der Waals surface area contributed by atoms with Crippen LogP contribution in [0.4, 0.5) is 5.82 Å². The van der Waals surface area contributed by atoms with Gasteiger partial charge < -0.3 is 30.4 Å². The topological polar surface area (TPSA) is 156 Å². The molecule has 1 fully saturated rings. The van der Waals surface area contributed by atoms with Gasteiger partial charge in [-0.3, -0.25) is 9.78 Å². The number of ether oxygens (including phenoxy) is 1. The van der Waals surface area contributed by atoms with Crippen LogP contribution in [0.5, 0.6) is 5.75 Å². The Hall–Kier alpha value is -4.35. The van der Waals surface area contributed by atoms with Gasteiger partial charge in [-0.25, -0.2) is 4.98 Å². The third-order valence-electron chi connectivity index (χ3n) is 8.24. The molecule has 0 radical (unpaired) electrons. The predicted octanol–water partition coefficient (Wildman–Crippen LogP) is 3.71. The van der Waals surface area contributed by atoms with E-state index in [1.54, 1.807) is 42.8 Å². The zero-order valence-corrected chi connectivity index (χ0v) is 24.7. The summed E-state index contributed by atoms with van der Waals surface area (Å²) in [6.07, 6.45) is 5.17. The van der Waals surface area contributed by atoms with E-state index in [0.29, 0.717) is 68.0 Å². The molecule has 3 aromatic heterocycles. The molecule has 1 aliphatic rings. The molecule has 1 aliphatic heterocycles. The van der Waals surface area contributed by atoms with Crippen LogP contribution in [0.2, 0.25) is 0 Å². The van der Waals surface area contributed by atoms with Gasteiger partial charge in [0.1, 0.15) is 24.0 Å². The van der Waals surface area contributed by atoms with E-state index in [2.05, 4.69) is 5.10 Å². The van der Waals surface area contributed by atoms with Crippen molar-refractivity contribution in [1.29, 1.82) is 0 Å². The van der Waals surface area contributed by atoms with Gasteiger partial charge in [-0.05, 0) is 56.9 Å². The van der Waals surface area contributed by atoms with Crippen LogP contribution in [-0.2, 0) is 16.0 Å². The number of rotatable bonds is 10. The summed E-state index contributed by atoms with van der Waals surface area (Å²) in [5, 5.41) is 24.7. The van der Waals surface area contributed by atoms with Crippen molar-refractivity contribution in [3.8, 4) is 28.1 Å². The van der Waals surface area contributed by atoms with Crippen molar-refractivity contribution in [1.82, 2.24) is 24.5 Å². The highest BCUT2D eigenvalue weighted by Gasteiger charge is 2.30. The molecule has 4 aromatic rings. The molecule has 11 heteroatoms. The Balaban J connectivity index is 1.48. The molecule has 226 valence electrons. The number of fused-ring (bicyclic) bond motifs is 1. The molecule has 4 heterocycles. The van der Waals surface area contributed by atoms with Crippen molar-refractivity contribution >= 4 is 23.7 Å². The Morgan fingerprint density at radius 3 is 2.53 bits per heavy atom. The standard InChI is InChI=1S/C32H38N6O5/c1-4-27(41)32(42)37-13-11-20(12-14-37)29-23(6-5-15-39)30(33)38-31(36-29)25(18-35-38)22-7-9-26(34-17-22)21-8-10-28(43-3)24(16-21)19(2)40/h7-10,15-20,27,40-41H,4-6,11-14,33H2,1-3H3. The summed E-state index contributed by atoms with van der Waals surface area (Å²) in [4.78, 5) is 35.3. The average Bonchev–Trinajstić information content (AvgIpc) is 3.47. The maximum atomic E-state index is 12.5. The van der Waals surface area contributed by atoms with Crippen LogP contribution in [0, 0.1) is 0 Å². The van der Waals surface area contributed by atoms with Crippen LogP contribution >= 0.6 is 0 Å². The Morgan fingerprint density at radius 2 is 1.91 bits per heavy atom. The van der Waals surface area contributed by atoms with Gasteiger partial charge in [-0.15, -0.1) is 0 Å². The molecule has 0 saturated carbocycles. The molecule has 0 spiro atoms. The number of aldehydes is 1. The van der Waals surface area contributed by atoms with Gasteiger partial charge >= 0.3 is 0 Å². The molecule has 1 amide bonds. The maximum absolute atomic E-state index is 12.5. The highest BCUT2D eigenvalue weighted by atomic mass is 16.5. The highest BCUT2D eigenvalue weighted by molar-refractivity contribution is 5.81. The number of pyridine rings is 1. The lowest BCUT2D eigenvalue weighted by atomic mass is 9.89. The summed E-state index contributed by atoms with van der Waals surface area (Å²) < 4.78 is 6.99. The van der Waals surface area contributed by atoms with Crippen LogP contribution in [0.3, 0.4) is 0 Å². The molecule has 5 rings (SSSR count). The number of nitrogen functional groups attached to an aromatic ring is 1. The van der Waals surface area contributed by atoms with E-state index in [0.717, 1.165) is 39.9 Å². The summed E-state index contributed by atoms with van der Waals surface area (Å²) in [6.45, 7) is 4.51. The SMILES string of the molecule is CCC(O)C(=O)N1CCC(c2nc3c(-c4ccc(-c5ccc(OC)c(C(C)O)c5)nc4)cnn3c(N)c2CCC=O)CC1. The number of aliphatic hydroxyl groups excluding tert-OH is 2. The van der Waals surface area contributed by atoms with Crippen molar-refractivity contribution in [2.24, 2.45) is 0 Å². The molecule has 1 aromatic carbocycles. The lowest BCUT2D eigenvalue weighted by Crippen LogP contribution is -2.43. The number of nitrogens with two attached hydrogens (primary N) is 1. The molecular formula is C32H38N6O5. The van der Waals surface area contributed by atoms with E-state index in [-0.39, 0.29) is 11.8 Å². The second-order valence-electron chi connectivity index (χ2n) is 10.9.